The minimum Gasteiger partial charge on any atom is -0.550 e. The van der Waals surface area contributed by atoms with Crippen LogP contribution in [0.3, 0.4) is 0 Å². The van der Waals surface area contributed by atoms with Crippen LogP contribution in [0.15, 0.2) is 12.7 Å². The maximum Gasteiger partial charge on any atom is 0.0414 e. The number of hydrogen-bond acceptors (Lipinski definition) is 2. The molecule has 2 nitrogen and oxygen atoms in total. The maximum absolute atomic E-state index is 10.1. The van der Waals surface area contributed by atoms with Crippen LogP contribution in [-0.4, -0.2) is 5.97 Å². The Morgan fingerprint density at radius 2 is 1.31 bits per heavy atom. The molecule has 0 aromatic heterocycles. The van der Waals surface area contributed by atoms with Crippen LogP contribution in [-0.2, 0) is 4.79 Å². The second kappa shape index (κ2) is 12.3. The predicted octanol–water partition coefficient (Wildman–Crippen LogP) is 3.21. The summed E-state index contributed by atoms with van der Waals surface area (Å²) >= 11 is 0. The third kappa shape index (κ3) is 13.2. The Hall–Kier alpha value is -0.790. The standard InChI is InChI=1S/C14H26O2/c1-2-3-4-5-6-7-8-9-10-11-12-13-14(15)16/h2H,1,3-13H2,(H,15,16)/p-1. The zero-order valence-corrected chi connectivity index (χ0v) is 10.4. The molecule has 0 radical (unpaired) electrons. The molecule has 0 aliphatic rings. The Labute approximate surface area is 99.7 Å². The summed E-state index contributed by atoms with van der Waals surface area (Å²) in [6.07, 6.45) is 14.1. The summed E-state index contributed by atoms with van der Waals surface area (Å²) in [5, 5.41) is 10.1. The molecule has 2 heteroatoms. The van der Waals surface area contributed by atoms with Crippen LogP contribution in [0.4, 0.5) is 0 Å². The molecule has 0 saturated carbocycles. The van der Waals surface area contributed by atoms with Crippen molar-refractivity contribution in [3.63, 3.8) is 0 Å². The Balaban J connectivity index is 2.93. The molecule has 0 aromatic carbocycles. The van der Waals surface area contributed by atoms with Gasteiger partial charge in [-0.25, -0.2) is 0 Å². The minimum absolute atomic E-state index is 0.224. The van der Waals surface area contributed by atoms with Gasteiger partial charge in [-0.3, -0.25) is 0 Å². The third-order valence-corrected chi connectivity index (χ3v) is 2.79. The van der Waals surface area contributed by atoms with E-state index in [1.165, 1.54) is 44.9 Å². The highest BCUT2D eigenvalue weighted by Crippen LogP contribution is 2.11. The van der Waals surface area contributed by atoms with Crippen molar-refractivity contribution in [1.82, 2.24) is 0 Å². The van der Waals surface area contributed by atoms with Crippen LogP contribution in [0, 0.1) is 0 Å². The van der Waals surface area contributed by atoms with E-state index in [1.54, 1.807) is 0 Å². The summed E-state index contributed by atoms with van der Waals surface area (Å²) in [5.41, 5.74) is 0. The van der Waals surface area contributed by atoms with Gasteiger partial charge < -0.3 is 9.90 Å². The number of hydrogen-bond donors (Lipinski definition) is 0. The quantitative estimate of drug-likeness (QED) is 0.378. The maximum atomic E-state index is 10.1. The number of carboxylic acids is 1. The van der Waals surface area contributed by atoms with E-state index in [9.17, 15) is 9.90 Å². The lowest BCUT2D eigenvalue weighted by Gasteiger charge is -2.03. The highest BCUT2D eigenvalue weighted by atomic mass is 16.4. The molecule has 94 valence electrons. The van der Waals surface area contributed by atoms with Gasteiger partial charge in [0.25, 0.3) is 0 Å². The Morgan fingerprint density at radius 3 is 1.75 bits per heavy atom. The average molecular weight is 225 g/mol. The molecule has 0 aliphatic carbocycles. The van der Waals surface area contributed by atoms with E-state index in [4.69, 9.17) is 0 Å². The molecule has 0 aliphatic heterocycles. The lowest BCUT2D eigenvalue weighted by Crippen LogP contribution is -2.21. The summed E-state index contributed by atoms with van der Waals surface area (Å²) in [7, 11) is 0. The fourth-order valence-electron chi connectivity index (χ4n) is 1.80. The first-order chi connectivity index (χ1) is 7.77. The first-order valence-corrected chi connectivity index (χ1v) is 6.58. The minimum atomic E-state index is -0.915. The molecule has 16 heavy (non-hydrogen) atoms. The zero-order chi connectivity index (χ0) is 12.1. The van der Waals surface area contributed by atoms with Gasteiger partial charge in [-0.15, -0.1) is 6.58 Å². The molecule has 0 unspecified atom stereocenters. The molecule has 0 amide bonds. The molecule has 0 aromatic rings. The number of carbonyl (C=O) groups is 1. The molecule has 0 rings (SSSR count). The van der Waals surface area contributed by atoms with E-state index < -0.39 is 5.97 Å². The van der Waals surface area contributed by atoms with Gasteiger partial charge in [-0.05, 0) is 25.7 Å². The predicted molar refractivity (Wildman–Crippen MR) is 66.0 cm³/mol. The van der Waals surface area contributed by atoms with Gasteiger partial charge in [0.15, 0.2) is 0 Å². The second-order valence-corrected chi connectivity index (χ2v) is 4.38. The Kier molecular flexibility index (Phi) is 11.7. The van der Waals surface area contributed by atoms with Crippen molar-refractivity contribution in [3.05, 3.63) is 12.7 Å². The number of allylic oxidation sites excluding steroid dienone is 1. The van der Waals surface area contributed by atoms with Gasteiger partial charge in [0.05, 0.1) is 0 Å². The van der Waals surface area contributed by atoms with Gasteiger partial charge in [0.2, 0.25) is 0 Å². The molecule has 0 fully saturated rings. The zero-order valence-electron chi connectivity index (χ0n) is 10.4. The summed E-state index contributed by atoms with van der Waals surface area (Å²) < 4.78 is 0. The van der Waals surface area contributed by atoms with Crippen molar-refractivity contribution in [2.45, 2.75) is 70.6 Å². The fourth-order valence-corrected chi connectivity index (χ4v) is 1.80. The summed E-state index contributed by atoms with van der Waals surface area (Å²) in [6, 6.07) is 0. The molecule has 0 saturated heterocycles. The van der Waals surface area contributed by atoms with Crippen LogP contribution in [0.1, 0.15) is 70.6 Å². The van der Waals surface area contributed by atoms with Crippen LogP contribution in [0.25, 0.3) is 0 Å². The topological polar surface area (TPSA) is 40.1 Å². The lowest BCUT2D eigenvalue weighted by atomic mass is 10.1. The van der Waals surface area contributed by atoms with Crippen LogP contribution < -0.4 is 5.11 Å². The van der Waals surface area contributed by atoms with Gasteiger partial charge >= 0.3 is 0 Å². The lowest BCUT2D eigenvalue weighted by molar-refractivity contribution is -0.305. The van der Waals surface area contributed by atoms with E-state index in [0.717, 1.165) is 19.3 Å². The van der Waals surface area contributed by atoms with E-state index in [-0.39, 0.29) is 6.42 Å². The van der Waals surface area contributed by atoms with Crippen LogP contribution in [0.2, 0.25) is 0 Å². The average Bonchev–Trinajstić information content (AvgIpc) is 2.25. The summed E-state index contributed by atoms with van der Waals surface area (Å²) in [5.74, 6) is -0.915. The molecule has 0 bridgehead atoms. The smallest absolute Gasteiger partial charge is 0.0414 e. The van der Waals surface area contributed by atoms with E-state index >= 15 is 0 Å². The summed E-state index contributed by atoms with van der Waals surface area (Å²) in [4.78, 5) is 10.1. The highest BCUT2D eigenvalue weighted by Gasteiger charge is 1.92. The number of rotatable bonds is 12. The first-order valence-electron chi connectivity index (χ1n) is 6.58. The van der Waals surface area contributed by atoms with Crippen molar-refractivity contribution in [2.75, 3.05) is 0 Å². The normalized spacial score (nSPS) is 10.2. The number of carboxylic acid groups (broad SMARTS) is 1. The van der Waals surface area contributed by atoms with Crippen molar-refractivity contribution in [2.24, 2.45) is 0 Å². The molecule has 0 spiro atoms. The van der Waals surface area contributed by atoms with E-state index in [1.807, 2.05) is 6.08 Å². The molecular formula is C14H25O2-. The summed E-state index contributed by atoms with van der Waals surface area (Å²) in [6.45, 7) is 3.70. The first kappa shape index (κ1) is 15.2. The Morgan fingerprint density at radius 1 is 0.875 bits per heavy atom. The monoisotopic (exact) mass is 225 g/mol. The van der Waals surface area contributed by atoms with Crippen molar-refractivity contribution in [1.29, 1.82) is 0 Å². The number of unbranched alkanes of at least 4 members (excludes halogenated alkanes) is 9. The fraction of sp³-hybridized carbons (Fsp3) is 0.786. The largest absolute Gasteiger partial charge is 0.550 e. The van der Waals surface area contributed by atoms with Crippen LogP contribution in [0.5, 0.6) is 0 Å². The second-order valence-electron chi connectivity index (χ2n) is 4.38. The number of carbonyl (C=O) groups excluding carboxylic acids is 1. The van der Waals surface area contributed by atoms with E-state index in [2.05, 4.69) is 6.58 Å². The SMILES string of the molecule is C=CCCCCCCCCCCCC(=O)[O-]. The van der Waals surface area contributed by atoms with Crippen LogP contribution >= 0.6 is 0 Å². The Bertz CT molecular complexity index is 176. The molecule has 0 heterocycles. The molecule has 0 N–H and O–H groups in total. The van der Waals surface area contributed by atoms with Crippen molar-refractivity contribution >= 4 is 5.97 Å². The van der Waals surface area contributed by atoms with Crippen molar-refractivity contribution < 1.29 is 9.90 Å². The van der Waals surface area contributed by atoms with E-state index in [0.29, 0.717) is 0 Å². The van der Waals surface area contributed by atoms with Gasteiger partial charge in [0, 0.05) is 5.97 Å². The number of aliphatic carboxylic acids is 1. The van der Waals surface area contributed by atoms with Gasteiger partial charge in [-0.2, -0.15) is 0 Å². The molecule has 0 atom stereocenters. The highest BCUT2D eigenvalue weighted by molar-refractivity contribution is 5.63. The van der Waals surface area contributed by atoms with Gasteiger partial charge in [-0.1, -0.05) is 51.0 Å². The molecular weight excluding hydrogens is 200 g/mol. The van der Waals surface area contributed by atoms with Crippen molar-refractivity contribution in [3.8, 4) is 0 Å². The van der Waals surface area contributed by atoms with Gasteiger partial charge in [0.1, 0.15) is 0 Å². The third-order valence-electron chi connectivity index (χ3n) is 2.79.